The molecule has 22 heavy (non-hydrogen) atoms. The summed E-state index contributed by atoms with van der Waals surface area (Å²) in [5, 5.41) is 2.92. The molecule has 5 heteroatoms. The highest BCUT2D eigenvalue weighted by molar-refractivity contribution is 5.92. The molecular weight excluding hydrogens is 278 g/mol. The molecule has 1 aliphatic rings. The number of anilines is 1. The summed E-state index contributed by atoms with van der Waals surface area (Å²) in [6.07, 6.45) is 0. The van der Waals surface area contributed by atoms with Crippen molar-refractivity contribution in [3.8, 4) is 0 Å². The standard InChI is InChI=1S/C17H27N3O2/c1-12(13(2)18)17(21)19-16-6-4-15(5-7-16)14(3)20-8-10-22-11-9-20/h4-7,12-14H,8-11,18H2,1-3H3,(H,19,21). The minimum absolute atomic E-state index is 0.0380. The molecule has 1 amide bonds. The van der Waals surface area contributed by atoms with Gasteiger partial charge in [0.2, 0.25) is 5.91 Å². The molecule has 1 heterocycles. The van der Waals surface area contributed by atoms with Gasteiger partial charge in [0.05, 0.1) is 19.1 Å². The number of morpholine rings is 1. The van der Waals surface area contributed by atoms with E-state index in [0.717, 1.165) is 32.0 Å². The summed E-state index contributed by atoms with van der Waals surface area (Å²) >= 11 is 0. The normalized spacial score (nSPS) is 20.2. The van der Waals surface area contributed by atoms with Gasteiger partial charge in [-0.2, -0.15) is 0 Å². The van der Waals surface area contributed by atoms with Crippen LogP contribution in [-0.4, -0.2) is 43.2 Å². The van der Waals surface area contributed by atoms with Crippen LogP contribution in [0, 0.1) is 5.92 Å². The zero-order valence-corrected chi connectivity index (χ0v) is 13.7. The van der Waals surface area contributed by atoms with Crippen LogP contribution in [0.3, 0.4) is 0 Å². The Morgan fingerprint density at radius 2 is 1.77 bits per heavy atom. The summed E-state index contributed by atoms with van der Waals surface area (Å²) in [5.74, 6) is -0.240. The molecule has 2 rings (SSSR count). The average molecular weight is 305 g/mol. The van der Waals surface area contributed by atoms with Crippen molar-refractivity contribution in [3.63, 3.8) is 0 Å². The van der Waals surface area contributed by atoms with Crippen molar-refractivity contribution in [2.75, 3.05) is 31.6 Å². The van der Waals surface area contributed by atoms with Crippen LogP contribution in [0.5, 0.6) is 0 Å². The van der Waals surface area contributed by atoms with E-state index in [-0.39, 0.29) is 17.9 Å². The Kier molecular flexibility index (Phi) is 5.94. The maximum atomic E-state index is 12.0. The van der Waals surface area contributed by atoms with E-state index >= 15 is 0 Å². The Labute approximate surface area is 132 Å². The quantitative estimate of drug-likeness (QED) is 0.873. The molecular formula is C17H27N3O2. The van der Waals surface area contributed by atoms with Crippen molar-refractivity contribution >= 4 is 11.6 Å². The van der Waals surface area contributed by atoms with Crippen molar-refractivity contribution < 1.29 is 9.53 Å². The Hall–Kier alpha value is -1.43. The summed E-state index contributed by atoms with van der Waals surface area (Å²) in [4.78, 5) is 14.4. The predicted octanol–water partition coefficient (Wildman–Crippen LogP) is 2.00. The number of nitrogens with zero attached hydrogens (tertiary/aromatic N) is 1. The summed E-state index contributed by atoms with van der Waals surface area (Å²) in [5.41, 5.74) is 7.83. The highest BCUT2D eigenvalue weighted by Gasteiger charge is 2.19. The molecule has 1 saturated heterocycles. The van der Waals surface area contributed by atoms with Crippen LogP contribution in [-0.2, 0) is 9.53 Å². The third kappa shape index (κ3) is 4.29. The lowest BCUT2D eigenvalue weighted by atomic mass is 10.0. The number of nitrogens with two attached hydrogens (primary N) is 1. The van der Waals surface area contributed by atoms with Gasteiger partial charge in [0, 0.05) is 30.9 Å². The fourth-order valence-corrected chi connectivity index (χ4v) is 2.52. The Balaban J connectivity index is 1.96. The fourth-order valence-electron chi connectivity index (χ4n) is 2.52. The van der Waals surface area contributed by atoms with Crippen LogP contribution in [0.4, 0.5) is 5.69 Å². The van der Waals surface area contributed by atoms with Crippen LogP contribution < -0.4 is 11.1 Å². The molecule has 0 aliphatic carbocycles. The Morgan fingerprint density at radius 1 is 1.18 bits per heavy atom. The van der Waals surface area contributed by atoms with Gasteiger partial charge in [-0.1, -0.05) is 19.1 Å². The molecule has 1 aliphatic heterocycles. The number of hydrogen-bond acceptors (Lipinski definition) is 4. The lowest BCUT2D eigenvalue weighted by Gasteiger charge is -2.32. The molecule has 0 spiro atoms. The lowest BCUT2D eigenvalue weighted by molar-refractivity contribution is -0.119. The van der Waals surface area contributed by atoms with Crippen LogP contribution in [0.1, 0.15) is 32.4 Å². The van der Waals surface area contributed by atoms with Crippen molar-refractivity contribution in [2.24, 2.45) is 11.7 Å². The first-order valence-corrected chi connectivity index (χ1v) is 7.97. The van der Waals surface area contributed by atoms with Gasteiger partial charge >= 0.3 is 0 Å². The van der Waals surface area contributed by atoms with Crippen molar-refractivity contribution in [3.05, 3.63) is 29.8 Å². The molecule has 0 aromatic heterocycles. The van der Waals surface area contributed by atoms with Gasteiger partial charge < -0.3 is 15.8 Å². The largest absolute Gasteiger partial charge is 0.379 e. The van der Waals surface area contributed by atoms with Gasteiger partial charge in [0.1, 0.15) is 0 Å². The van der Waals surface area contributed by atoms with Gasteiger partial charge in [-0.15, -0.1) is 0 Å². The maximum Gasteiger partial charge on any atom is 0.228 e. The van der Waals surface area contributed by atoms with Gasteiger partial charge in [0.25, 0.3) is 0 Å². The monoisotopic (exact) mass is 305 g/mol. The number of carbonyl (C=O) groups is 1. The molecule has 3 N–H and O–H groups in total. The van der Waals surface area contributed by atoms with Gasteiger partial charge in [-0.05, 0) is 31.5 Å². The molecule has 0 saturated carbocycles. The topological polar surface area (TPSA) is 67.6 Å². The van der Waals surface area contributed by atoms with E-state index in [1.54, 1.807) is 0 Å². The number of hydrogen-bond donors (Lipinski definition) is 2. The van der Waals surface area contributed by atoms with Crippen molar-refractivity contribution in [1.29, 1.82) is 0 Å². The number of carbonyl (C=O) groups excluding carboxylic acids is 1. The zero-order valence-electron chi connectivity index (χ0n) is 13.7. The number of amides is 1. The smallest absolute Gasteiger partial charge is 0.228 e. The van der Waals surface area contributed by atoms with E-state index in [0.29, 0.717) is 6.04 Å². The Morgan fingerprint density at radius 3 is 2.32 bits per heavy atom. The van der Waals surface area contributed by atoms with E-state index in [1.807, 2.05) is 26.0 Å². The summed E-state index contributed by atoms with van der Waals surface area (Å²) in [6.45, 7) is 9.42. The summed E-state index contributed by atoms with van der Waals surface area (Å²) in [7, 11) is 0. The molecule has 0 bridgehead atoms. The van der Waals surface area contributed by atoms with Crippen molar-refractivity contribution in [1.82, 2.24) is 4.90 Å². The minimum Gasteiger partial charge on any atom is -0.379 e. The predicted molar refractivity (Wildman–Crippen MR) is 88.7 cm³/mol. The highest BCUT2D eigenvalue weighted by Crippen LogP contribution is 2.23. The summed E-state index contributed by atoms with van der Waals surface area (Å²) < 4.78 is 5.39. The van der Waals surface area contributed by atoms with E-state index in [2.05, 4.69) is 29.3 Å². The van der Waals surface area contributed by atoms with Crippen LogP contribution in [0.25, 0.3) is 0 Å². The van der Waals surface area contributed by atoms with Gasteiger partial charge in [0.15, 0.2) is 0 Å². The van der Waals surface area contributed by atoms with Crippen LogP contribution in [0.15, 0.2) is 24.3 Å². The SMILES string of the molecule is CC(N)C(C)C(=O)Nc1ccc(C(C)N2CCOCC2)cc1. The Bertz CT molecular complexity index is 481. The third-order valence-electron chi connectivity index (χ3n) is 4.46. The molecule has 3 unspecified atom stereocenters. The third-order valence-corrected chi connectivity index (χ3v) is 4.46. The number of nitrogens with one attached hydrogen (secondary N) is 1. The number of ether oxygens (including phenoxy) is 1. The second kappa shape index (κ2) is 7.72. The average Bonchev–Trinajstić information content (AvgIpc) is 2.54. The molecule has 0 radical (unpaired) electrons. The van der Waals surface area contributed by atoms with Crippen LogP contribution >= 0.6 is 0 Å². The fraction of sp³-hybridized carbons (Fsp3) is 0.588. The molecule has 1 aromatic carbocycles. The molecule has 5 nitrogen and oxygen atoms in total. The molecule has 1 aromatic rings. The first-order chi connectivity index (χ1) is 10.5. The minimum atomic E-state index is -0.202. The first kappa shape index (κ1) is 16.9. The second-order valence-corrected chi connectivity index (χ2v) is 6.08. The van der Waals surface area contributed by atoms with E-state index in [4.69, 9.17) is 10.5 Å². The van der Waals surface area contributed by atoms with Gasteiger partial charge in [-0.3, -0.25) is 9.69 Å². The van der Waals surface area contributed by atoms with Crippen molar-refractivity contribution in [2.45, 2.75) is 32.9 Å². The first-order valence-electron chi connectivity index (χ1n) is 7.97. The van der Waals surface area contributed by atoms with Crippen LogP contribution in [0.2, 0.25) is 0 Å². The number of rotatable bonds is 5. The zero-order chi connectivity index (χ0) is 16.1. The number of benzene rings is 1. The maximum absolute atomic E-state index is 12.0. The van der Waals surface area contributed by atoms with E-state index < -0.39 is 0 Å². The highest BCUT2D eigenvalue weighted by atomic mass is 16.5. The molecule has 122 valence electrons. The van der Waals surface area contributed by atoms with E-state index in [9.17, 15) is 4.79 Å². The molecule has 1 fully saturated rings. The second-order valence-electron chi connectivity index (χ2n) is 6.08. The lowest BCUT2D eigenvalue weighted by Crippen LogP contribution is -2.38. The van der Waals surface area contributed by atoms with Gasteiger partial charge in [-0.25, -0.2) is 0 Å². The summed E-state index contributed by atoms with van der Waals surface area (Å²) in [6, 6.07) is 8.27. The van der Waals surface area contributed by atoms with E-state index in [1.165, 1.54) is 5.56 Å². The molecule has 3 atom stereocenters.